The summed E-state index contributed by atoms with van der Waals surface area (Å²) in [4.78, 5) is 36.7. The maximum atomic E-state index is 12.7. The van der Waals surface area contributed by atoms with Gasteiger partial charge in [0.25, 0.3) is 0 Å². The predicted octanol–water partition coefficient (Wildman–Crippen LogP) is 1.72. The first-order valence-corrected chi connectivity index (χ1v) is 6.70. The summed E-state index contributed by atoms with van der Waals surface area (Å²) in [5, 5.41) is 9.32. The van der Waals surface area contributed by atoms with Gasteiger partial charge in [-0.25, -0.2) is 4.79 Å². The number of hydrogen-bond donors (Lipinski definition) is 2. The van der Waals surface area contributed by atoms with Crippen molar-refractivity contribution in [3.63, 3.8) is 0 Å². The number of carbonyl (C=O) groups excluding carboxylic acids is 2. The van der Waals surface area contributed by atoms with Crippen molar-refractivity contribution in [2.75, 3.05) is 0 Å². The van der Waals surface area contributed by atoms with E-state index in [1.54, 1.807) is 30.3 Å². The largest absolute Gasteiger partial charge is 0.480 e. The Labute approximate surface area is 126 Å². The lowest BCUT2D eigenvalue weighted by atomic mass is 9.77. The molecule has 0 radical (unpaired) electrons. The third-order valence-electron chi connectivity index (χ3n) is 3.96. The van der Waals surface area contributed by atoms with Crippen LogP contribution in [-0.4, -0.2) is 22.6 Å². The number of benzene rings is 2. The van der Waals surface area contributed by atoms with E-state index in [9.17, 15) is 19.5 Å². The monoisotopic (exact) mass is 295 g/mol. The molecule has 0 bridgehead atoms. The molecule has 2 aromatic carbocycles. The van der Waals surface area contributed by atoms with Crippen LogP contribution in [0, 0.1) is 0 Å². The highest BCUT2D eigenvalue weighted by Crippen LogP contribution is 2.33. The number of fused-ring (bicyclic) bond motifs is 2. The van der Waals surface area contributed by atoms with E-state index >= 15 is 0 Å². The number of carbonyl (C=O) groups is 3. The standard InChI is InChI=1S/C17H13NO4/c1-17(18,16(21)22)12-8-4-7-11-13(12)15(20)10-6-3-2-5-9(10)14(11)19/h2-8H,18H2,1H3,(H,21,22)/t17-/m1/s1. The van der Waals surface area contributed by atoms with Gasteiger partial charge in [-0.15, -0.1) is 0 Å². The molecule has 22 heavy (non-hydrogen) atoms. The molecule has 0 aliphatic heterocycles. The maximum absolute atomic E-state index is 12.7. The van der Waals surface area contributed by atoms with Crippen molar-refractivity contribution in [2.45, 2.75) is 12.5 Å². The highest BCUT2D eigenvalue weighted by molar-refractivity contribution is 6.29. The Bertz CT molecular complexity index is 836. The summed E-state index contributed by atoms with van der Waals surface area (Å²) in [6, 6.07) is 11.0. The second-order valence-corrected chi connectivity index (χ2v) is 5.44. The van der Waals surface area contributed by atoms with Crippen LogP contribution in [0.1, 0.15) is 44.3 Å². The predicted molar refractivity (Wildman–Crippen MR) is 78.9 cm³/mol. The third kappa shape index (κ3) is 1.79. The quantitative estimate of drug-likeness (QED) is 0.750. The highest BCUT2D eigenvalue weighted by Gasteiger charge is 2.39. The summed E-state index contributed by atoms with van der Waals surface area (Å²) in [5.41, 5.74) is 5.13. The van der Waals surface area contributed by atoms with E-state index in [0.717, 1.165) is 0 Å². The van der Waals surface area contributed by atoms with Crippen LogP contribution in [0.4, 0.5) is 0 Å². The molecule has 110 valence electrons. The van der Waals surface area contributed by atoms with Crippen LogP contribution in [0.3, 0.4) is 0 Å². The number of hydrogen-bond acceptors (Lipinski definition) is 4. The van der Waals surface area contributed by atoms with E-state index < -0.39 is 11.5 Å². The number of aliphatic carboxylic acids is 1. The molecular formula is C17H13NO4. The Morgan fingerprint density at radius 1 is 0.955 bits per heavy atom. The maximum Gasteiger partial charge on any atom is 0.328 e. The van der Waals surface area contributed by atoms with Gasteiger partial charge in [0.15, 0.2) is 11.6 Å². The molecule has 0 saturated heterocycles. The fraction of sp³-hybridized carbons (Fsp3) is 0.118. The summed E-state index contributed by atoms with van der Waals surface area (Å²) >= 11 is 0. The lowest BCUT2D eigenvalue weighted by Crippen LogP contribution is -2.43. The Kier molecular flexibility index (Phi) is 2.97. The molecule has 1 aliphatic carbocycles. The normalized spacial score (nSPS) is 15.7. The minimum atomic E-state index is -1.76. The molecule has 0 heterocycles. The number of carboxylic acid groups (broad SMARTS) is 1. The van der Waals surface area contributed by atoms with E-state index in [4.69, 9.17) is 5.73 Å². The second-order valence-electron chi connectivity index (χ2n) is 5.44. The number of nitrogens with two attached hydrogens (primary N) is 1. The van der Waals surface area contributed by atoms with E-state index in [1.165, 1.54) is 19.1 Å². The number of ketones is 2. The highest BCUT2D eigenvalue weighted by atomic mass is 16.4. The molecular weight excluding hydrogens is 282 g/mol. The minimum Gasteiger partial charge on any atom is -0.480 e. The van der Waals surface area contributed by atoms with Gasteiger partial charge < -0.3 is 10.8 Å². The van der Waals surface area contributed by atoms with Crippen molar-refractivity contribution in [1.82, 2.24) is 0 Å². The van der Waals surface area contributed by atoms with Crippen molar-refractivity contribution in [3.05, 3.63) is 70.3 Å². The van der Waals surface area contributed by atoms with Crippen molar-refractivity contribution in [2.24, 2.45) is 5.73 Å². The Balaban J connectivity index is 2.33. The van der Waals surface area contributed by atoms with E-state index in [2.05, 4.69) is 0 Å². The van der Waals surface area contributed by atoms with Gasteiger partial charge in [-0.1, -0.05) is 42.5 Å². The molecule has 5 heteroatoms. The van der Waals surface area contributed by atoms with Gasteiger partial charge in [-0.2, -0.15) is 0 Å². The second kappa shape index (κ2) is 4.61. The number of rotatable bonds is 2. The molecule has 0 saturated carbocycles. The minimum absolute atomic E-state index is 0.0820. The van der Waals surface area contributed by atoms with Gasteiger partial charge in [0.1, 0.15) is 5.54 Å². The summed E-state index contributed by atoms with van der Waals surface area (Å²) in [6.45, 7) is 1.31. The molecule has 3 N–H and O–H groups in total. The lowest BCUT2D eigenvalue weighted by molar-refractivity contribution is -0.143. The zero-order valence-corrected chi connectivity index (χ0v) is 11.8. The molecule has 2 aromatic rings. The summed E-state index contributed by atoms with van der Waals surface area (Å²) < 4.78 is 0. The van der Waals surface area contributed by atoms with Crippen LogP contribution >= 0.6 is 0 Å². The smallest absolute Gasteiger partial charge is 0.328 e. The SMILES string of the molecule is C[C@](N)(C(=O)O)c1cccc2c1C(=O)c1ccccc1C2=O. The van der Waals surface area contributed by atoms with Crippen molar-refractivity contribution in [1.29, 1.82) is 0 Å². The van der Waals surface area contributed by atoms with Crippen molar-refractivity contribution >= 4 is 17.5 Å². The topological polar surface area (TPSA) is 97.5 Å². The average Bonchev–Trinajstić information content (AvgIpc) is 2.51. The summed E-state index contributed by atoms with van der Waals surface area (Å²) in [6.07, 6.45) is 0. The molecule has 5 nitrogen and oxygen atoms in total. The fourth-order valence-electron chi connectivity index (χ4n) is 2.69. The van der Waals surface area contributed by atoms with Crippen molar-refractivity contribution in [3.8, 4) is 0 Å². The molecule has 1 aliphatic rings. The van der Waals surface area contributed by atoms with Crippen LogP contribution in [0.5, 0.6) is 0 Å². The Morgan fingerprint density at radius 2 is 1.50 bits per heavy atom. The van der Waals surface area contributed by atoms with Gasteiger partial charge in [-0.3, -0.25) is 9.59 Å². The van der Waals surface area contributed by atoms with Crippen LogP contribution in [-0.2, 0) is 10.3 Å². The van der Waals surface area contributed by atoms with Crippen LogP contribution in [0.15, 0.2) is 42.5 Å². The molecule has 0 amide bonds. The van der Waals surface area contributed by atoms with Crippen LogP contribution < -0.4 is 5.73 Å². The van der Waals surface area contributed by atoms with Crippen LogP contribution in [0.2, 0.25) is 0 Å². The van der Waals surface area contributed by atoms with Gasteiger partial charge in [0.2, 0.25) is 0 Å². The number of carboxylic acids is 1. The van der Waals surface area contributed by atoms with E-state index in [0.29, 0.717) is 5.56 Å². The lowest BCUT2D eigenvalue weighted by Gasteiger charge is -2.26. The van der Waals surface area contributed by atoms with Crippen molar-refractivity contribution < 1.29 is 19.5 Å². The van der Waals surface area contributed by atoms with Gasteiger partial charge in [0.05, 0.1) is 0 Å². The van der Waals surface area contributed by atoms with Crippen LogP contribution in [0.25, 0.3) is 0 Å². The first kappa shape index (κ1) is 14.2. The summed E-state index contributed by atoms with van der Waals surface area (Å²) in [7, 11) is 0. The fourth-order valence-corrected chi connectivity index (χ4v) is 2.69. The first-order valence-electron chi connectivity index (χ1n) is 6.70. The molecule has 0 spiro atoms. The first-order chi connectivity index (χ1) is 10.4. The third-order valence-corrected chi connectivity index (χ3v) is 3.96. The van der Waals surface area contributed by atoms with E-state index in [1.807, 2.05) is 0 Å². The average molecular weight is 295 g/mol. The Morgan fingerprint density at radius 3 is 2.09 bits per heavy atom. The summed E-state index contributed by atoms with van der Waals surface area (Å²) in [5.74, 6) is -1.94. The Hall–Kier alpha value is -2.79. The van der Waals surface area contributed by atoms with Gasteiger partial charge >= 0.3 is 5.97 Å². The molecule has 0 unspecified atom stereocenters. The zero-order chi connectivity index (χ0) is 16.1. The molecule has 1 atom stereocenters. The molecule has 0 aromatic heterocycles. The molecule has 0 fully saturated rings. The zero-order valence-electron chi connectivity index (χ0n) is 11.8. The van der Waals surface area contributed by atoms with Gasteiger partial charge in [-0.05, 0) is 12.5 Å². The van der Waals surface area contributed by atoms with E-state index in [-0.39, 0.29) is 33.8 Å². The van der Waals surface area contributed by atoms with Gasteiger partial charge in [0, 0.05) is 22.3 Å². The molecule has 3 rings (SSSR count).